The van der Waals surface area contributed by atoms with Gasteiger partial charge < -0.3 is 19.5 Å². The molecule has 0 aliphatic carbocycles. The quantitative estimate of drug-likeness (QED) is 0.289. The fourth-order valence-electron chi connectivity index (χ4n) is 4.31. The van der Waals surface area contributed by atoms with Gasteiger partial charge in [0.1, 0.15) is 17.6 Å². The van der Waals surface area contributed by atoms with Crippen molar-refractivity contribution in [2.45, 2.75) is 71.1 Å². The number of amides is 1. The SMILES string of the molecule is CCCCCC(CC(=O)Nc1cc(C(=O)OC)ccc1C(C)(C)C)c1cc(C#N)c(OC)cc1OC. The minimum atomic E-state index is -0.463. The number of nitrogens with one attached hydrogen (secondary N) is 1. The molecular weight excluding hydrogens is 456 g/mol. The Hall–Kier alpha value is -3.53. The third-order valence-electron chi connectivity index (χ3n) is 6.22. The number of methoxy groups -OCH3 is 3. The number of esters is 1. The summed E-state index contributed by atoms with van der Waals surface area (Å²) in [5.74, 6) is 0.217. The van der Waals surface area contributed by atoms with E-state index in [0.717, 1.165) is 36.8 Å². The molecule has 2 aromatic carbocycles. The Kier molecular flexibility index (Phi) is 10.3. The first-order chi connectivity index (χ1) is 17.1. The second-order valence-corrected chi connectivity index (χ2v) is 9.85. The second-order valence-electron chi connectivity index (χ2n) is 9.85. The first kappa shape index (κ1) is 28.7. The molecule has 194 valence electrons. The topological polar surface area (TPSA) is 97.7 Å². The molecule has 0 spiro atoms. The number of unbranched alkanes of at least 4 members (excludes halogenated alkanes) is 2. The third kappa shape index (κ3) is 7.24. The van der Waals surface area contributed by atoms with Gasteiger partial charge in [-0.25, -0.2) is 4.79 Å². The van der Waals surface area contributed by atoms with E-state index in [1.54, 1.807) is 31.4 Å². The van der Waals surface area contributed by atoms with Crippen molar-refractivity contribution in [2.75, 3.05) is 26.6 Å². The number of hydrogen-bond donors (Lipinski definition) is 1. The van der Waals surface area contributed by atoms with Gasteiger partial charge in [-0.3, -0.25) is 4.79 Å². The molecule has 7 heteroatoms. The van der Waals surface area contributed by atoms with Crippen LogP contribution in [0.15, 0.2) is 30.3 Å². The molecular formula is C29H38N2O5. The van der Waals surface area contributed by atoms with Gasteiger partial charge in [-0.2, -0.15) is 5.26 Å². The molecule has 2 rings (SSSR count). The number of anilines is 1. The summed E-state index contributed by atoms with van der Waals surface area (Å²) in [7, 11) is 4.41. The van der Waals surface area contributed by atoms with Crippen LogP contribution in [0.1, 0.15) is 92.8 Å². The van der Waals surface area contributed by atoms with Crippen molar-refractivity contribution in [2.24, 2.45) is 0 Å². The van der Waals surface area contributed by atoms with Crippen LogP contribution in [-0.4, -0.2) is 33.2 Å². The van der Waals surface area contributed by atoms with Gasteiger partial charge in [0, 0.05) is 18.2 Å². The third-order valence-corrected chi connectivity index (χ3v) is 6.22. The number of hydrogen-bond acceptors (Lipinski definition) is 6. The van der Waals surface area contributed by atoms with E-state index < -0.39 is 5.97 Å². The maximum Gasteiger partial charge on any atom is 0.337 e. The summed E-state index contributed by atoms with van der Waals surface area (Å²) in [5.41, 5.74) is 2.83. The normalized spacial score (nSPS) is 11.8. The van der Waals surface area contributed by atoms with Crippen molar-refractivity contribution in [3.05, 3.63) is 52.6 Å². The number of nitrogens with zero attached hydrogens (tertiary/aromatic N) is 1. The average molecular weight is 495 g/mol. The van der Waals surface area contributed by atoms with Gasteiger partial charge in [0.05, 0.1) is 32.5 Å². The van der Waals surface area contributed by atoms with Crippen LogP contribution in [0.2, 0.25) is 0 Å². The number of benzene rings is 2. The minimum Gasteiger partial charge on any atom is -0.496 e. The van der Waals surface area contributed by atoms with E-state index in [2.05, 4.69) is 39.1 Å². The number of ether oxygens (including phenoxy) is 3. The van der Waals surface area contributed by atoms with E-state index in [1.807, 2.05) is 6.07 Å². The molecule has 0 heterocycles. The van der Waals surface area contributed by atoms with E-state index in [9.17, 15) is 14.9 Å². The fourth-order valence-corrected chi connectivity index (χ4v) is 4.31. The molecule has 0 bridgehead atoms. The fraction of sp³-hybridized carbons (Fsp3) is 0.483. The molecule has 36 heavy (non-hydrogen) atoms. The first-order valence-electron chi connectivity index (χ1n) is 12.3. The van der Waals surface area contributed by atoms with Gasteiger partial charge in [-0.1, -0.05) is 53.0 Å². The standard InChI is InChI=1S/C29H38N2O5/c1-8-9-10-11-19(22-14-21(18-30)25(34-5)17-26(22)35-6)16-27(32)31-24-15-20(28(33)36-7)12-13-23(24)29(2,3)4/h12-15,17,19H,8-11,16H2,1-7H3,(H,31,32). The van der Waals surface area contributed by atoms with Crippen LogP contribution in [0.5, 0.6) is 11.5 Å². The van der Waals surface area contributed by atoms with E-state index in [1.165, 1.54) is 14.2 Å². The first-order valence-corrected chi connectivity index (χ1v) is 12.3. The summed E-state index contributed by atoms with van der Waals surface area (Å²) in [5, 5.41) is 12.7. The molecule has 7 nitrogen and oxygen atoms in total. The van der Waals surface area contributed by atoms with Crippen molar-refractivity contribution in [3.63, 3.8) is 0 Å². The van der Waals surface area contributed by atoms with E-state index in [-0.39, 0.29) is 23.7 Å². The van der Waals surface area contributed by atoms with Gasteiger partial charge >= 0.3 is 5.97 Å². The molecule has 1 unspecified atom stereocenters. The summed E-state index contributed by atoms with van der Waals surface area (Å²) < 4.78 is 15.8. The zero-order valence-corrected chi connectivity index (χ0v) is 22.5. The largest absolute Gasteiger partial charge is 0.496 e. The summed E-state index contributed by atoms with van der Waals surface area (Å²) in [6.07, 6.45) is 4.00. The lowest BCUT2D eigenvalue weighted by molar-refractivity contribution is -0.116. The summed E-state index contributed by atoms with van der Waals surface area (Å²) in [6.45, 7) is 8.28. The predicted octanol–water partition coefficient (Wildman–Crippen LogP) is 6.35. The highest BCUT2D eigenvalue weighted by atomic mass is 16.5. The van der Waals surface area contributed by atoms with Crippen LogP contribution in [0.3, 0.4) is 0 Å². The zero-order chi connectivity index (χ0) is 26.9. The Labute approximate surface area is 214 Å². The Bertz CT molecular complexity index is 1110. The maximum absolute atomic E-state index is 13.4. The summed E-state index contributed by atoms with van der Waals surface area (Å²) in [6, 6.07) is 10.9. The molecule has 0 aromatic heterocycles. The highest BCUT2D eigenvalue weighted by molar-refractivity contribution is 5.96. The molecule has 2 aromatic rings. The smallest absolute Gasteiger partial charge is 0.337 e. The number of carbonyl (C=O) groups is 2. The van der Waals surface area contributed by atoms with Crippen LogP contribution >= 0.6 is 0 Å². The second kappa shape index (κ2) is 13.0. The van der Waals surface area contributed by atoms with Crippen molar-refractivity contribution >= 4 is 17.6 Å². The van der Waals surface area contributed by atoms with E-state index >= 15 is 0 Å². The van der Waals surface area contributed by atoms with Crippen molar-refractivity contribution in [3.8, 4) is 17.6 Å². The van der Waals surface area contributed by atoms with Crippen molar-refractivity contribution in [1.29, 1.82) is 5.26 Å². The van der Waals surface area contributed by atoms with Crippen LogP contribution in [-0.2, 0) is 14.9 Å². The number of nitriles is 1. The minimum absolute atomic E-state index is 0.161. The molecule has 0 aliphatic heterocycles. The Balaban J connectivity index is 2.44. The highest BCUT2D eigenvalue weighted by Crippen LogP contribution is 2.38. The lowest BCUT2D eigenvalue weighted by Gasteiger charge is -2.25. The van der Waals surface area contributed by atoms with Gasteiger partial charge in [-0.05, 0) is 47.1 Å². The summed E-state index contributed by atoms with van der Waals surface area (Å²) in [4.78, 5) is 25.5. The lowest BCUT2D eigenvalue weighted by Crippen LogP contribution is -2.21. The van der Waals surface area contributed by atoms with Gasteiger partial charge in [0.15, 0.2) is 0 Å². The van der Waals surface area contributed by atoms with Crippen LogP contribution in [0.4, 0.5) is 5.69 Å². The molecule has 0 radical (unpaired) electrons. The Morgan fingerprint density at radius 2 is 1.72 bits per heavy atom. The molecule has 1 amide bonds. The summed E-state index contributed by atoms with van der Waals surface area (Å²) >= 11 is 0. The number of rotatable bonds is 11. The monoisotopic (exact) mass is 494 g/mol. The molecule has 1 atom stereocenters. The van der Waals surface area contributed by atoms with Crippen LogP contribution in [0, 0.1) is 11.3 Å². The lowest BCUT2D eigenvalue weighted by atomic mass is 9.84. The number of carbonyl (C=O) groups excluding carboxylic acids is 2. The Morgan fingerprint density at radius 1 is 1.03 bits per heavy atom. The van der Waals surface area contributed by atoms with E-state index in [4.69, 9.17) is 14.2 Å². The molecule has 0 aliphatic rings. The Morgan fingerprint density at radius 3 is 2.28 bits per heavy atom. The zero-order valence-electron chi connectivity index (χ0n) is 22.5. The van der Waals surface area contributed by atoms with Crippen molar-refractivity contribution in [1.82, 2.24) is 0 Å². The van der Waals surface area contributed by atoms with Crippen LogP contribution in [0.25, 0.3) is 0 Å². The van der Waals surface area contributed by atoms with E-state index in [0.29, 0.717) is 28.3 Å². The highest BCUT2D eigenvalue weighted by Gasteiger charge is 2.25. The van der Waals surface area contributed by atoms with Crippen LogP contribution < -0.4 is 14.8 Å². The molecule has 0 fully saturated rings. The van der Waals surface area contributed by atoms with Gasteiger partial charge in [0.25, 0.3) is 0 Å². The predicted molar refractivity (Wildman–Crippen MR) is 141 cm³/mol. The molecule has 0 saturated carbocycles. The van der Waals surface area contributed by atoms with Crippen molar-refractivity contribution < 1.29 is 23.8 Å². The molecule has 0 saturated heterocycles. The molecule has 1 N–H and O–H groups in total. The maximum atomic E-state index is 13.4. The average Bonchev–Trinajstić information content (AvgIpc) is 2.86. The van der Waals surface area contributed by atoms with Gasteiger partial charge in [0.2, 0.25) is 5.91 Å². The van der Waals surface area contributed by atoms with Gasteiger partial charge in [-0.15, -0.1) is 0 Å².